The number of hydrogen-bond donors (Lipinski definition) is 1. The molecule has 1 amide bonds. The normalized spacial score (nSPS) is 12.6. The highest BCUT2D eigenvalue weighted by molar-refractivity contribution is 7.84. The van der Waals surface area contributed by atoms with E-state index in [-0.39, 0.29) is 13.2 Å². The van der Waals surface area contributed by atoms with Gasteiger partial charge in [0.2, 0.25) is 0 Å². The molecule has 0 aliphatic heterocycles. The molecule has 0 heterocycles. The Morgan fingerprint density at radius 2 is 1.76 bits per heavy atom. The molecule has 8 heteroatoms. The lowest BCUT2D eigenvalue weighted by atomic mass is 10.1. The van der Waals surface area contributed by atoms with Crippen LogP contribution in [0.15, 0.2) is 0 Å². The summed E-state index contributed by atoms with van der Waals surface area (Å²) in [4.78, 5) is 11.2. The van der Waals surface area contributed by atoms with Gasteiger partial charge in [-0.1, -0.05) is 0 Å². The van der Waals surface area contributed by atoms with Crippen molar-refractivity contribution < 1.29 is 22.1 Å². The van der Waals surface area contributed by atoms with Gasteiger partial charge in [0.1, 0.15) is 13.2 Å². The average Bonchev–Trinajstić information content (AvgIpc) is 2.09. The Labute approximate surface area is 102 Å². The molecule has 0 saturated heterocycles. The van der Waals surface area contributed by atoms with Crippen LogP contribution >= 0.6 is 0 Å². The molecule has 0 unspecified atom stereocenters. The maximum absolute atomic E-state index is 11.2. The van der Waals surface area contributed by atoms with Gasteiger partial charge in [-0.3, -0.25) is 4.18 Å². The molecule has 0 fully saturated rings. The molecule has 0 bridgehead atoms. The van der Waals surface area contributed by atoms with Crippen molar-refractivity contribution in [2.75, 3.05) is 27.3 Å². The van der Waals surface area contributed by atoms with E-state index in [0.717, 1.165) is 4.31 Å². The molecule has 7 nitrogen and oxygen atoms in total. The molecule has 0 aliphatic rings. The first kappa shape index (κ1) is 16.1. The first-order valence-corrected chi connectivity index (χ1v) is 6.43. The molecular weight excluding hydrogens is 248 g/mol. The molecule has 0 aromatic carbocycles. The lowest BCUT2D eigenvalue weighted by Gasteiger charge is -2.20. The van der Waals surface area contributed by atoms with Crippen molar-refractivity contribution >= 4 is 16.4 Å². The van der Waals surface area contributed by atoms with Crippen molar-refractivity contribution in [1.82, 2.24) is 9.62 Å². The van der Waals surface area contributed by atoms with E-state index in [1.807, 2.05) is 0 Å². The van der Waals surface area contributed by atoms with Gasteiger partial charge in [0.05, 0.1) is 0 Å². The molecule has 17 heavy (non-hydrogen) atoms. The molecule has 0 aromatic rings. The average molecular weight is 268 g/mol. The van der Waals surface area contributed by atoms with Crippen LogP contribution in [0.5, 0.6) is 0 Å². The van der Waals surface area contributed by atoms with Gasteiger partial charge in [0, 0.05) is 19.6 Å². The molecule has 0 radical (unpaired) electrons. The summed E-state index contributed by atoms with van der Waals surface area (Å²) in [5, 5.41) is 2.56. The van der Waals surface area contributed by atoms with Crippen LogP contribution < -0.4 is 5.32 Å². The highest BCUT2D eigenvalue weighted by atomic mass is 32.2. The Bertz CT molecular complexity index is 345. The Kier molecular flexibility index (Phi) is 5.86. The zero-order chi connectivity index (χ0) is 13.7. The van der Waals surface area contributed by atoms with E-state index in [2.05, 4.69) is 9.50 Å². The second kappa shape index (κ2) is 6.18. The quantitative estimate of drug-likeness (QED) is 0.726. The minimum atomic E-state index is -3.71. The van der Waals surface area contributed by atoms with E-state index in [1.54, 1.807) is 20.8 Å². The topological polar surface area (TPSA) is 84.9 Å². The van der Waals surface area contributed by atoms with E-state index in [9.17, 15) is 13.2 Å². The smallest absolute Gasteiger partial charge is 0.407 e. The van der Waals surface area contributed by atoms with Crippen LogP contribution in [0.25, 0.3) is 0 Å². The first-order valence-electron chi connectivity index (χ1n) is 5.06. The summed E-state index contributed by atoms with van der Waals surface area (Å²) in [6.07, 6.45) is -0.608. The zero-order valence-corrected chi connectivity index (χ0v) is 11.6. The predicted octanol–water partition coefficient (Wildman–Crippen LogP) is 0.334. The van der Waals surface area contributed by atoms with E-state index < -0.39 is 21.9 Å². The molecule has 0 rings (SSSR count). The highest BCUT2D eigenvalue weighted by Gasteiger charge is 2.16. The van der Waals surface area contributed by atoms with Crippen LogP contribution in [0.3, 0.4) is 0 Å². The van der Waals surface area contributed by atoms with Crippen molar-refractivity contribution in [3.05, 3.63) is 0 Å². The lowest BCUT2D eigenvalue weighted by Crippen LogP contribution is -2.41. The second-order valence-electron chi connectivity index (χ2n) is 4.57. The summed E-state index contributed by atoms with van der Waals surface area (Å²) >= 11 is 0. The fourth-order valence-corrected chi connectivity index (χ4v) is 1.21. The number of nitrogens with one attached hydrogen (secondary N) is 1. The summed E-state index contributed by atoms with van der Waals surface area (Å²) < 4.78 is 32.5. The number of rotatable bonds is 5. The Hall–Kier alpha value is -0.860. The number of carbonyl (C=O) groups is 1. The van der Waals surface area contributed by atoms with Gasteiger partial charge in [0.25, 0.3) is 0 Å². The number of nitrogens with zero attached hydrogens (tertiary/aromatic N) is 1. The lowest BCUT2D eigenvalue weighted by molar-refractivity contribution is 0.117. The molecule has 0 atom stereocenters. The van der Waals surface area contributed by atoms with Crippen LogP contribution in [0, 0.1) is 0 Å². The molecular formula is C9H20N2O5S. The summed E-state index contributed by atoms with van der Waals surface area (Å²) in [5.41, 5.74) is -0.395. The fraction of sp³-hybridized carbons (Fsp3) is 0.889. The first-order chi connectivity index (χ1) is 7.54. The number of carbonyl (C=O) groups excluding carboxylic acids is 1. The van der Waals surface area contributed by atoms with E-state index >= 15 is 0 Å². The van der Waals surface area contributed by atoms with E-state index in [0.29, 0.717) is 0 Å². The third kappa shape index (κ3) is 7.94. The summed E-state index contributed by atoms with van der Waals surface area (Å²) in [7, 11) is -1.01. The molecule has 0 aliphatic carbocycles. The van der Waals surface area contributed by atoms with Crippen molar-refractivity contribution in [3.63, 3.8) is 0 Å². The van der Waals surface area contributed by atoms with Gasteiger partial charge >= 0.3 is 16.4 Å². The van der Waals surface area contributed by atoms with Gasteiger partial charge in [0.15, 0.2) is 0 Å². The third-order valence-electron chi connectivity index (χ3n) is 1.47. The largest absolute Gasteiger partial charge is 0.447 e. The van der Waals surface area contributed by atoms with Gasteiger partial charge in [-0.25, -0.2) is 4.79 Å². The van der Waals surface area contributed by atoms with Gasteiger partial charge in [-0.15, -0.1) is 0 Å². The number of hydrogen-bond acceptors (Lipinski definition) is 5. The van der Waals surface area contributed by atoms with Gasteiger partial charge in [-0.05, 0) is 20.8 Å². The molecule has 0 saturated carbocycles. The Morgan fingerprint density at radius 1 is 1.24 bits per heavy atom. The van der Waals surface area contributed by atoms with Gasteiger partial charge < -0.3 is 10.1 Å². The number of alkyl carbamates (subject to hydrolysis) is 1. The van der Waals surface area contributed by atoms with Crippen LogP contribution in [-0.4, -0.2) is 51.7 Å². The van der Waals surface area contributed by atoms with E-state index in [1.165, 1.54) is 14.1 Å². The second-order valence-corrected chi connectivity index (χ2v) is 6.39. The van der Waals surface area contributed by atoms with Crippen molar-refractivity contribution in [2.45, 2.75) is 26.3 Å². The van der Waals surface area contributed by atoms with Crippen LogP contribution in [0.4, 0.5) is 4.79 Å². The minimum Gasteiger partial charge on any atom is -0.447 e. The van der Waals surface area contributed by atoms with E-state index in [4.69, 9.17) is 4.74 Å². The SMILES string of the molecule is CN(C)S(=O)(=O)OCCOC(=O)NC(C)(C)C. The maximum atomic E-state index is 11.2. The third-order valence-corrected chi connectivity index (χ3v) is 2.83. The monoisotopic (exact) mass is 268 g/mol. The van der Waals surface area contributed by atoms with Crippen molar-refractivity contribution in [3.8, 4) is 0 Å². The van der Waals surface area contributed by atoms with Crippen LogP contribution in [0.2, 0.25) is 0 Å². The molecule has 1 N–H and O–H groups in total. The van der Waals surface area contributed by atoms with Crippen LogP contribution in [-0.2, 0) is 19.2 Å². The summed E-state index contributed by atoms with van der Waals surface area (Å²) in [5.74, 6) is 0. The standard InChI is InChI=1S/C9H20N2O5S/c1-9(2,3)10-8(12)15-6-7-16-17(13,14)11(4)5/h6-7H2,1-5H3,(H,10,12). The number of amides is 1. The van der Waals surface area contributed by atoms with Crippen LogP contribution in [0.1, 0.15) is 20.8 Å². The molecule has 102 valence electrons. The highest BCUT2D eigenvalue weighted by Crippen LogP contribution is 1.99. The number of ether oxygens (including phenoxy) is 1. The summed E-state index contributed by atoms with van der Waals surface area (Å²) in [6, 6.07) is 0. The Balaban J connectivity index is 3.84. The molecule has 0 spiro atoms. The molecule has 0 aromatic heterocycles. The predicted molar refractivity (Wildman–Crippen MR) is 62.8 cm³/mol. The van der Waals surface area contributed by atoms with Gasteiger partial charge in [-0.2, -0.15) is 12.7 Å². The van der Waals surface area contributed by atoms with Crippen molar-refractivity contribution in [1.29, 1.82) is 0 Å². The maximum Gasteiger partial charge on any atom is 0.407 e. The zero-order valence-electron chi connectivity index (χ0n) is 10.8. The Morgan fingerprint density at radius 3 is 2.18 bits per heavy atom. The summed E-state index contributed by atoms with van der Waals surface area (Å²) in [6.45, 7) is 5.08. The van der Waals surface area contributed by atoms with Crippen molar-refractivity contribution in [2.24, 2.45) is 0 Å². The minimum absolute atomic E-state index is 0.130. The fourth-order valence-electron chi connectivity index (χ4n) is 0.721.